The molecule has 0 aliphatic carbocycles. The molecular weight excluding hydrogens is 386 g/mol. The fourth-order valence-corrected chi connectivity index (χ4v) is 4.83. The quantitative estimate of drug-likeness (QED) is 0.700. The molecule has 2 N–H and O–H groups in total. The summed E-state index contributed by atoms with van der Waals surface area (Å²) < 4.78 is 27.8. The number of thiophene rings is 1. The van der Waals surface area contributed by atoms with Gasteiger partial charge in [0.25, 0.3) is 15.9 Å². The molecule has 7 nitrogen and oxygen atoms in total. The first-order valence-corrected chi connectivity index (χ1v) is 10.9. The fraction of sp³-hybridized carbons (Fsp3) is 0.333. The van der Waals surface area contributed by atoms with Gasteiger partial charge in [0.2, 0.25) is 5.91 Å². The largest absolute Gasteiger partial charge is 0.342 e. The molecule has 1 heterocycles. The maximum atomic E-state index is 12.7. The third-order valence-corrected chi connectivity index (χ3v) is 6.41. The molecule has 0 fully saturated rings. The lowest BCUT2D eigenvalue weighted by molar-refractivity contribution is -0.129. The zero-order valence-electron chi connectivity index (χ0n) is 15.5. The van der Waals surface area contributed by atoms with E-state index in [2.05, 4.69) is 10.0 Å². The molecule has 0 spiro atoms. The lowest BCUT2D eigenvalue weighted by Gasteiger charge is -2.18. The number of benzene rings is 1. The lowest BCUT2D eigenvalue weighted by Crippen LogP contribution is -2.40. The average molecular weight is 410 g/mol. The van der Waals surface area contributed by atoms with E-state index in [0.29, 0.717) is 18.8 Å². The van der Waals surface area contributed by atoms with Crippen molar-refractivity contribution in [2.24, 2.45) is 0 Å². The Morgan fingerprint density at radius 2 is 1.70 bits per heavy atom. The number of carbonyl (C=O) groups is 2. The highest BCUT2D eigenvalue weighted by Gasteiger charge is 2.24. The minimum atomic E-state index is -3.92. The van der Waals surface area contributed by atoms with Crippen molar-refractivity contribution in [3.8, 4) is 0 Å². The second-order valence-corrected chi connectivity index (χ2v) is 8.40. The van der Waals surface area contributed by atoms with Gasteiger partial charge in [-0.25, -0.2) is 8.42 Å². The van der Waals surface area contributed by atoms with Gasteiger partial charge in [-0.05, 0) is 44.4 Å². The molecule has 146 valence electrons. The molecule has 2 rings (SSSR count). The number of rotatable bonds is 8. The van der Waals surface area contributed by atoms with Crippen molar-refractivity contribution >= 4 is 38.9 Å². The van der Waals surface area contributed by atoms with Crippen LogP contribution >= 0.6 is 11.3 Å². The van der Waals surface area contributed by atoms with E-state index >= 15 is 0 Å². The van der Waals surface area contributed by atoms with Crippen LogP contribution in [0, 0.1) is 6.92 Å². The number of nitrogens with one attached hydrogen (secondary N) is 2. The number of carbonyl (C=O) groups excluding carboxylic acids is 2. The summed E-state index contributed by atoms with van der Waals surface area (Å²) >= 11 is 1.01. The third-order valence-electron chi connectivity index (χ3n) is 3.94. The summed E-state index contributed by atoms with van der Waals surface area (Å²) in [6.07, 6.45) is 0. The molecule has 0 atom stereocenters. The lowest BCUT2D eigenvalue weighted by atomic mass is 10.2. The van der Waals surface area contributed by atoms with Crippen LogP contribution in [0.3, 0.4) is 0 Å². The smallest absolute Gasteiger partial charge is 0.263 e. The summed E-state index contributed by atoms with van der Waals surface area (Å²) in [4.78, 5) is 25.9. The summed E-state index contributed by atoms with van der Waals surface area (Å²) in [5.41, 5.74) is 1.42. The molecular formula is C18H23N3O4S2. The van der Waals surface area contributed by atoms with Crippen LogP contribution in [0.25, 0.3) is 0 Å². The van der Waals surface area contributed by atoms with Gasteiger partial charge in [0.1, 0.15) is 9.77 Å². The van der Waals surface area contributed by atoms with Crippen LogP contribution < -0.4 is 10.0 Å². The highest BCUT2D eigenvalue weighted by molar-refractivity contribution is 7.93. The van der Waals surface area contributed by atoms with Gasteiger partial charge in [0, 0.05) is 18.8 Å². The van der Waals surface area contributed by atoms with E-state index in [1.54, 1.807) is 29.2 Å². The average Bonchev–Trinajstić information content (AvgIpc) is 3.13. The molecule has 0 radical (unpaired) electrons. The van der Waals surface area contributed by atoms with Crippen molar-refractivity contribution in [2.75, 3.05) is 24.4 Å². The Morgan fingerprint density at radius 3 is 2.30 bits per heavy atom. The van der Waals surface area contributed by atoms with E-state index < -0.39 is 15.9 Å². The van der Waals surface area contributed by atoms with Crippen molar-refractivity contribution in [3.05, 3.63) is 46.2 Å². The van der Waals surface area contributed by atoms with Crippen LogP contribution in [-0.2, 0) is 14.8 Å². The summed E-state index contributed by atoms with van der Waals surface area (Å²) in [6.45, 7) is 6.52. The van der Waals surface area contributed by atoms with Gasteiger partial charge in [-0.2, -0.15) is 0 Å². The van der Waals surface area contributed by atoms with Gasteiger partial charge in [0.15, 0.2) is 0 Å². The molecule has 2 aromatic rings. The molecule has 27 heavy (non-hydrogen) atoms. The van der Waals surface area contributed by atoms with Crippen LogP contribution in [0.4, 0.5) is 5.69 Å². The molecule has 9 heteroatoms. The van der Waals surface area contributed by atoms with Gasteiger partial charge < -0.3 is 10.2 Å². The van der Waals surface area contributed by atoms with Crippen molar-refractivity contribution in [1.29, 1.82) is 0 Å². The molecule has 0 unspecified atom stereocenters. The summed E-state index contributed by atoms with van der Waals surface area (Å²) in [7, 11) is -3.92. The van der Waals surface area contributed by atoms with Crippen molar-refractivity contribution in [1.82, 2.24) is 10.2 Å². The number of aryl methyl sites for hydroxylation is 1. The van der Waals surface area contributed by atoms with Crippen molar-refractivity contribution in [3.63, 3.8) is 0 Å². The Hall–Kier alpha value is -2.39. The second-order valence-electron chi connectivity index (χ2n) is 5.83. The number of hydrogen-bond donors (Lipinski definition) is 2. The second kappa shape index (κ2) is 9.01. The maximum absolute atomic E-state index is 12.7. The topological polar surface area (TPSA) is 95.6 Å². The minimum absolute atomic E-state index is 0.0435. The van der Waals surface area contributed by atoms with Gasteiger partial charge >= 0.3 is 0 Å². The Morgan fingerprint density at radius 1 is 1.07 bits per heavy atom. The zero-order chi connectivity index (χ0) is 20.0. The normalized spacial score (nSPS) is 11.1. The van der Waals surface area contributed by atoms with Crippen LogP contribution in [0.1, 0.15) is 29.1 Å². The molecule has 0 aliphatic rings. The van der Waals surface area contributed by atoms with Crippen LogP contribution in [0.2, 0.25) is 0 Å². The van der Waals surface area contributed by atoms with Crippen molar-refractivity contribution in [2.45, 2.75) is 25.7 Å². The van der Waals surface area contributed by atoms with Crippen molar-refractivity contribution < 1.29 is 18.0 Å². The Balaban J connectivity index is 2.12. The SMILES string of the molecule is CCN(CC)C(=O)CNC(=O)c1sccc1S(=O)(=O)Nc1ccc(C)cc1. The standard InChI is InChI=1S/C18H23N3O4S2/c1-4-21(5-2)16(22)12-19-18(23)17-15(10-11-26-17)27(24,25)20-14-8-6-13(3)7-9-14/h6-11,20H,4-5,12H2,1-3H3,(H,19,23). The van der Waals surface area contributed by atoms with E-state index in [0.717, 1.165) is 16.9 Å². The van der Waals surface area contributed by atoms with E-state index in [1.807, 2.05) is 20.8 Å². The van der Waals surface area contributed by atoms with E-state index in [4.69, 9.17) is 0 Å². The monoisotopic (exact) mass is 409 g/mol. The highest BCUT2D eigenvalue weighted by Crippen LogP contribution is 2.24. The Bertz CT molecular complexity index is 901. The molecule has 0 aliphatic heterocycles. The Labute approximate surface area is 163 Å². The van der Waals surface area contributed by atoms with E-state index in [1.165, 1.54) is 11.4 Å². The molecule has 1 aromatic carbocycles. The molecule has 0 bridgehead atoms. The molecule has 0 saturated carbocycles. The van der Waals surface area contributed by atoms with Gasteiger partial charge in [-0.1, -0.05) is 17.7 Å². The first-order valence-electron chi connectivity index (χ1n) is 8.51. The first-order chi connectivity index (χ1) is 12.8. The van der Waals surface area contributed by atoms with Gasteiger partial charge in [0.05, 0.1) is 6.54 Å². The maximum Gasteiger partial charge on any atom is 0.263 e. The number of anilines is 1. The van der Waals surface area contributed by atoms with E-state index in [-0.39, 0.29) is 22.2 Å². The predicted molar refractivity (Wildman–Crippen MR) is 107 cm³/mol. The first kappa shape index (κ1) is 20.9. The van der Waals surface area contributed by atoms with Crippen LogP contribution in [0.5, 0.6) is 0 Å². The number of sulfonamides is 1. The van der Waals surface area contributed by atoms with Crippen LogP contribution in [-0.4, -0.2) is 44.8 Å². The predicted octanol–water partition coefficient (Wildman–Crippen LogP) is 2.46. The van der Waals surface area contributed by atoms with Gasteiger partial charge in [-0.3, -0.25) is 14.3 Å². The summed E-state index contributed by atoms with van der Waals surface area (Å²) in [5.74, 6) is -0.804. The zero-order valence-corrected chi connectivity index (χ0v) is 17.1. The molecule has 1 aromatic heterocycles. The molecule has 2 amide bonds. The Kier molecular flexibility index (Phi) is 6.98. The molecule has 0 saturated heterocycles. The fourth-order valence-electron chi connectivity index (χ4n) is 2.43. The number of likely N-dealkylation sites (N-methyl/N-ethyl adjacent to an activating group) is 1. The minimum Gasteiger partial charge on any atom is -0.342 e. The number of nitrogens with zero attached hydrogens (tertiary/aromatic N) is 1. The number of amides is 2. The summed E-state index contributed by atoms with van der Waals surface area (Å²) in [6, 6.07) is 8.27. The highest BCUT2D eigenvalue weighted by atomic mass is 32.2. The van der Waals surface area contributed by atoms with E-state index in [9.17, 15) is 18.0 Å². The number of hydrogen-bond acceptors (Lipinski definition) is 5. The third kappa shape index (κ3) is 5.30. The van der Waals surface area contributed by atoms with Gasteiger partial charge in [-0.15, -0.1) is 11.3 Å². The summed E-state index contributed by atoms with van der Waals surface area (Å²) in [5, 5.41) is 4.04. The van der Waals surface area contributed by atoms with Crippen LogP contribution in [0.15, 0.2) is 40.6 Å².